The van der Waals surface area contributed by atoms with E-state index in [-0.39, 0.29) is 0 Å². The second-order valence-electron chi connectivity index (χ2n) is 5.59. The third kappa shape index (κ3) is 1.91. The second kappa shape index (κ2) is 4.83. The van der Waals surface area contributed by atoms with E-state index in [0.717, 1.165) is 20.7 Å². The minimum absolute atomic E-state index is 0.998. The molecule has 24 heavy (non-hydrogen) atoms. The van der Waals surface area contributed by atoms with E-state index >= 15 is 0 Å². The molecule has 0 aliphatic carbocycles. The van der Waals surface area contributed by atoms with Crippen molar-refractivity contribution in [1.29, 1.82) is 0 Å². The Labute approximate surface area is 152 Å². The van der Waals surface area contributed by atoms with Crippen molar-refractivity contribution in [3.05, 3.63) is 47.2 Å². The van der Waals surface area contributed by atoms with Crippen LogP contribution in [-0.2, 0) is 0 Å². The van der Waals surface area contributed by atoms with Crippen LogP contribution in [0.4, 0.5) is 0 Å². The van der Waals surface area contributed by atoms with Gasteiger partial charge in [-0.15, -0.1) is 45.3 Å². The van der Waals surface area contributed by atoms with Crippen LogP contribution in [0.5, 0.6) is 0 Å². The van der Waals surface area contributed by atoms with Crippen molar-refractivity contribution in [3.8, 4) is 9.75 Å². The average molecular weight is 381 g/mol. The third-order valence-corrected chi connectivity index (χ3v) is 8.08. The molecule has 5 aromatic heterocycles. The summed E-state index contributed by atoms with van der Waals surface area (Å²) in [7, 11) is 0. The van der Waals surface area contributed by atoms with Gasteiger partial charge in [-0.05, 0) is 57.9 Å². The molecule has 0 spiro atoms. The van der Waals surface area contributed by atoms with Gasteiger partial charge in [-0.2, -0.15) is 0 Å². The van der Waals surface area contributed by atoms with E-state index in [1.54, 1.807) is 34.0 Å². The standard InChI is InChI=1S/C18H8N2S4/c1-3-21-13-6-10-7-15(23-14(10)5-9(1)13)16-8-12-18(24-16)19-11-2-4-22-17(11)20-12/h1-8H. The van der Waals surface area contributed by atoms with Crippen LogP contribution in [0, 0.1) is 0 Å². The minimum Gasteiger partial charge on any atom is -0.233 e. The summed E-state index contributed by atoms with van der Waals surface area (Å²) < 4.78 is 2.70. The Morgan fingerprint density at radius 1 is 0.625 bits per heavy atom. The van der Waals surface area contributed by atoms with Crippen molar-refractivity contribution < 1.29 is 0 Å². The van der Waals surface area contributed by atoms with Crippen LogP contribution in [0.15, 0.2) is 47.2 Å². The molecule has 6 heteroatoms. The van der Waals surface area contributed by atoms with Gasteiger partial charge in [-0.1, -0.05) is 0 Å². The van der Waals surface area contributed by atoms with Crippen LogP contribution < -0.4 is 0 Å². The first-order chi connectivity index (χ1) is 11.8. The fourth-order valence-corrected chi connectivity index (χ4v) is 6.63. The minimum atomic E-state index is 0.998. The molecular weight excluding hydrogens is 372 g/mol. The lowest BCUT2D eigenvalue weighted by molar-refractivity contribution is 1.46. The summed E-state index contributed by atoms with van der Waals surface area (Å²) in [5.74, 6) is 0. The zero-order valence-corrected chi connectivity index (χ0v) is 15.4. The molecule has 0 aliphatic rings. The van der Waals surface area contributed by atoms with Crippen LogP contribution in [0.2, 0.25) is 0 Å². The lowest BCUT2D eigenvalue weighted by Crippen LogP contribution is -1.76. The summed E-state index contributed by atoms with van der Waals surface area (Å²) in [6, 6.07) is 13.3. The average Bonchev–Trinajstić information content (AvgIpc) is 3.33. The highest BCUT2D eigenvalue weighted by Crippen LogP contribution is 2.41. The fraction of sp³-hybridized carbons (Fsp3) is 0. The highest BCUT2D eigenvalue weighted by Gasteiger charge is 2.12. The van der Waals surface area contributed by atoms with Crippen molar-refractivity contribution >= 4 is 86.2 Å². The number of hydrogen-bond acceptors (Lipinski definition) is 6. The maximum atomic E-state index is 4.75. The number of benzene rings is 1. The topological polar surface area (TPSA) is 25.8 Å². The summed E-state index contributed by atoms with van der Waals surface area (Å²) in [5, 5.41) is 6.86. The predicted molar refractivity (Wildman–Crippen MR) is 109 cm³/mol. The van der Waals surface area contributed by atoms with Crippen molar-refractivity contribution in [2.24, 2.45) is 0 Å². The van der Waals surface area contributed by atoms with Gasteiger partial charge in [0.1, 0.15) is 20.7 Å². The van der Waals surface area contributed by atoms with E-state index in [4.69, 9.17) is 9.97 Å². The number of aromatic nitrogens is 2. The number of thiophene rings is 4. The first kappa shape index (κ1) is 13.4. The van der Waals surface area contributed by atoms with Gasteiger partial charge < -0.3 is 0 Å². The molecule has 1 aromatic carbocycles. The molecule has 0 saturated heterocycles. The summed E-state index contributed by atoms with van der Waals surface area (Å²) in [6.45, 7) is 0. The van der Waals surface area contributed by atoms with Crippen LogP contribution >= 0.6 is 45.3 Å². The maximum absolute atomic E-state index is 4.75. The number of nitrogens with zero attached hydrogens (tertiary/aromatic N) is 2. The fourth-order valence-electron chi connectivity index (χ4n) is 2.95. The van der Waals surface area contributed by atoms with Crippen LogP contribution in [-0.4, -0.2) is 9.97 Å². The van der Waals surface area contributed by atoms with Crippen LogP contribution in [0.1, 0.15) is 0 Å². The van der Waals surface area contributed by atoms with Gasteiger partial charge in [0, 0.05) is 19.2 Å². The Morgan fingerprint density at radius 3 is 2.46 bits per heavy atom. The number of hydrogen-bond donors (Lipinski definition) is 0. The van der Waals surface area contributed by atoms with E-state index < -0.39 is 0 Å². The van der Waals surface area contributed by atoms with Crippen molar-refractivity contribution in [2.45, 2.75) is 0 Å². The lowest BCUT2D eigenvalue weighted by atomic mass is 10.2. The van der Waals surface area contributed by atoms with Gasteiger partial charge in [-0.3, -0.25) is 0 Å². The highest BCUT2D eigenvalue weighted by molar-refractivity contribution is 7.28. The van der Waals surface area contributed by atoms with Gasteiger partial charge in [0.25, 0.3) is 0 Å². The zero-order valence-electron chi connectivity index (χ0n) is 12.1. The van der Waals surface area contributed by atoms with E-state index in [2.05, 4.69) is 35.7 Å². The number of rotatable bonds is 1. The largest absolute Gasteiger partial charge is 0.233 e. The zero-order chi connectivity index (χ0) is 15.7. The van der Waals surface area contributed by atoms with Gasteiger partial charge in [0.2, 0.25) is 0 Å². The Bertz CT molecular complexity index is 1160. The molecule has 0 saturated carbocycles. The lowest BCUT2D eigenvalue weighted by Gasteiger charge is -1.89. The second-order valence-corrected chi connectivity index (χ2v) is 9.55. The molecule has 0 amide bonds. The molecule has 0 unspecified atom stereocenters. The SMILES string of the molecule is c1cc2cc3sc(-c4cc5nc6sccc6nc5s4)cc3cc2s1. The van der Waals surface area contributed by atoms with Gasteiger partial charge >= 0.3 is 0 Å². The molecule has 114 valence electrons. The smallest absolute Gasteiger partial charge is 0.143 e. The van der Waals surface area contributed by atoms with Crippen LogP contribution in [0.3, 0.4) is 0 Å². The van der Waals surface area contributed by atoms with Crippen molar-refractivity contribution in [1.82, 2.24) is 9.97 Å². The number of fused-ring (bicyclic) bond motifs is 4. The molecule has 0 N–H and O–H groups in total. The molecule has 2 nitrogen and oxygen atoms in total. The van der Waals surface area contributed by atoms with Gasteiger partial charge in [0.05, 0.1) is 0 Å². The van der Waals surface area contributed by atoms with Crippen molar-refractivity contribution in [2.75, 3.05) is 0 Å². The van der Waals surface area contributed by atoms with Crippen LogP contribution in [0.25, 0.3) is 50.6 Å². The molecule has 0 atom stereocenters. The summed E-state index contributed by atoms with van der Waals surface area (Å²) in [5.41, 5.74) is 2.00. The predicted octanol–water partition coefficient (Wildman–Crippen LogP) is 7.00. The van der Waals surface area contributed by atoms with E-state index in [0.29, 0.717) is 0 Å². The Morgan fingerprint density at radius 2 is 1.46 bits per heavy atom. The van der Waals surface area contributed by atoms with E-state index in [1.807, 2.05) is 22.8 Å². The Balaban J connectivity index is 1.58. The molecule has 0 fully saturated rings. The molecule has 5 heterocycles. The molecule has 0 aliphatic heterocycles. The van der Waals surface area contributed by atoms with Gasteiger partial charge in [-0.25, -0.2) is 9.97 Å². The Hall–Kier alpha value is -1.86. The quantitative estimate of drug-likeness (QED) is 0.307. The third-order valence-electron chi connectivity index (χ3n) is 4.10. The molecule has 6 aromatic rings. The molecule has 0 bridgehead atoms. The summed E-state index contributed by atoms with van der Waals surface area (Å²) in [6.07, 6.45) is 0. The van der Waals surface area contributed by atoms with Crippen molar-refractivity contribution in [3.63, 3.8) is 0 Å². The molecular formula is C18H8N2S4. The molecule has 0 radical (unpaired) electrons. The Kier molecular flexibility index (Phi) is 2.70. The first-order valence-corrected chi connectivity index (χ1v) is 10.8. The van der Waals surface area contributed by atoms with E-state index in [9.17, 15) is 0 Å². The molecule has 6 rings (SSSR count). The normalized spacial score (nSPS) is 12.2. The highest BCUT2D eigenvalue weighted by atomic mass is 32.1. The summed E-state index contributed by atoms with van der Waals surface area (Å²) >= 11 is 7.04. The maximum Gasteiger partial charge on any atom is 0.143 e. The first-order valence-electron chi connectivity index (χ1n) is 7.39. The van der Waals surface area contributed by atoms with E-state index in [1.165, 1.54) is 29.9 Å². The monoisotopic (exact) mass is 380 g/mol. The van der Waals surface area contributed by atoms with Gasteiger partial charge in [0.15, 0.2) is 0 Å². The summed E-state index contributed by atoms with van der Waals surface area (Å²) in [4.78, 5) is 14.1.